The minimum atomic E-state index is -0.0826. The lowest BCUT2D eigenvalue weighted by Crippen LogP contribution is -2.36. The van der Waals surface area contributed by atoms with Gasteiger partial charge in [0.1, 0.15) is 17.6 Å². The molecule has 2 saturated heterocycles. The SMILES string of the molecule is S=C1N[C@@H](c2ccccn2)[C@H](c2ccc(-c3ccc(Br)cc3)o2)N1C[C@@H]1CCCO1. The Bertz CT molecular complexity index is 1020. The molecule has 5 rings (SSSR count). The number of thiocarbonyl (C=S) groups is 1. The molecule has 0 amide bonds. The van der Waals surface area contributed by atoms with Crippen LogP contribution < -0.4 is 5.32 Å². The molecule has 0 radical (unpaired) electrons. The van der Waals surface area contributed by atoms with Gasteiger partial charge in [-0.1, -0.05) is 34.1 Å². The summed E-state index contributed by atoms with van der Waals surface area (Å²) in [5.74, 6) is 1.71. The lowest BCUT2D eigenvalue weighted by Gasteiger charge is -2.28. The maximum absolute atomic E-state index is 6.36. The Labute approximate surface area is 189 Å². The van der Waals surface area contributed by atoms with Crippen LogP contribution in [0.2, 0.25) is 0 Å². The van der Waals surface area contributed by atoms with Gasteiger partial charge < -0.3 is 19.4 Å². The van der Waals surface area contributed by atoms with E-state index in [1.165, 1.54) is 0 Å². The summed E-state index contributed by atoms with van der Waals surface area (Å²) in [7, 11) is 0. The van der Waals surface area contributed by atoms with Crippen LogP contribution in [0.15, 0.2) is 69.7 Å². The number of ether oxygens (including phenoxy) is 1. The normalized spacial score (nSPS) is 23.7. The first kappa shape index (κ1) is 19.7. The predicted molar refractivity (Wildman–Crippen MR) is 123 cm³/mol. The van der Waals surface area contributed by atoms with Crippen LogP contribution in [0.25, 0.3) is 11.3 Å². The lowest BCUT2D eigenvalue weighted by molar-refractivity contribution is 0.0818. The van der Waals surface area contributed by atoms with E-state index in [1.807, 2.05) is 54.7 Å². The molecule has 2 aliphatic heterocycles. The second-order valence-corrected chi connectivity index (χ2v) is 8.93. The molecule has 0 saturated carbocycles. The topological polar surface area (TPSA) is 50.5 Å². The maximum atomic E-state index is 6.36. The van der Waals surface area contributed by atoms with Gasteiger partial charge >= 0.3 is 0 Å². The number of aromatic nitrogens is 1. The van der Waals surface area contributed by atoms with Crippen LogP contribution >= 0.6 is 28.1 Å². The van der Waals surface area contributed by atoms with Gasteiger partial charge in [-0.05, 0) is 61.5 Å². The van der Waals surface area contributed by atoms with Crippen molar-refractivity contribution in [1.29, 1.82) is 0 Å². The number of hydrogen-bond acceptors (Lipinski definition) is 4. The molecule has 1 aromatic carbocycles. The Morgan fingerprint density at radius 2 is 2.00 bits per heavy atom. The van der Waals surface area contributed by atoms with Crippen LogP contribution in [0.5, 0.6) is 0 Å². The van der Waals surface area contributed by atoms with Gasteiger partial charge in [0.05, 0.1) is 17.8 Å². The first-order valence-corrected chi connectivity index (χ1v) is 11.3. The van der Waals surface area contributed by atoms with Crippen molar-refractivity contribution in [3.05, 3.63) is 76.7 Å². The van der Waals surface area contributed by atoms with E-state index in [-0.39, 0.29) is 18.2 Å². The van der Waals surface area contributed by atoms with Gasteiger partial charge in [-0.2, -0.15) is 0 Å². The van der Waals surface area contributed by atoms with Gasteiger partial charge in [0.15, 0.2) is 5.11 Å². The molecule has 2 fully saturated rings. The van der Waals surface area contributed by atoms with E-state index in [4.69, 9.17) is 21.4 Å². The Hall–Kier alpha value is -2.22. The molecule has 2 aliphatic rings. The van der Waals surface area contributed by atoms with Crippen molar-refractivity contribution >= 4 is 33.3 Å². The molecule has 154 valence electrons. The van der Waals surface area contributed by atoms with E-state index in [1.54, 1.807) is 0 Å². The van der Waals surface area contributed by atoms with Crippen molar-refractivity contribution in [2.75, 3.05) is 13.2 Å². The third-order valence-corrected chi connectivity index (χ3v) is 6.55. The van der Waals surface area contributed by atoms with E-state index in [0.29, 0.717) is 5.11 Å². The zero-order chi connectivity index (χ0) is 20.5. The number of hydrogen-bond donors (Lipinski definition) is 1. The van der Waals surface area contributed by atoms with Gasteiger partial charge in [-0.15, -0.1) is 0 Å². The second kappa shape index (κ2) is 8.49. The zero-order valence-electron chi connectivity index (χ0n) is 16.3. The smallest absolute Gasteiger partial charge is 0.170 e. The number of nitrogens with zero attached hydrogens (tertiary/aromatic N) is 2. The van der Waals surface area contributed by atoms with Gasteiger partial charge in [-0.3, -0.25) is 4.98 Å². The second-order valence-electron chi connectivity index (χ2n) is 7.62. The standard InChI is InChI=1S/C23H22BrN3O2S/c24-16-8-6-15(7-9-16)19-10-11-20(29-19)22-21(18-5-1-2-12-25-18)26-23(30)27(22)14-17-4-3-13-28-17/h1-2,5-12,17,21-22H,3-4,13-14H2,(H,26,30)/t17-,21-,22-/m0/s1. The van der Waals surface area contributed by atoms with Crippen molar-refractivity contribution in [3.8, 4) is 11.3 Å². The fourth-order valence-electron chi connectivity index (χ4n) is 4.20. The molecule has 0 spiro atoms. The fraction of sp³-hybridized carbons (Fsp3) is 0.304. The Morgan fingerprint density at radius 3 is 2.73 bits per heavy atom. The summed E-state index contributed by atoms with van der Waals surface area (Å²) >= 11 is 9.22. The van der Waals surface area contributed by atoms with E-state index < -0.39 is 0 Å². The average molecular weight is 484 g/mol. The minimum absolute atomic E-state index is 0.0796. The molecular formula is C23H22BrN3O2S. The minimum Gasteiger partial charge on any atom is -0.459 e. The van der Waals surface area contributed by atoms with Crippen molar-refractivity contribution in [2.45, 2.75) is 31.0 Å². The van der Waals surface area contributed by atoms with E-state index in [0.717, 1.165) is 53.2 Å². The molecule has 7 heteroatoms. The first-order chi connectivity index (χ1) is 14.7. The van der Waals surface area contributed by atoms with Crippen LogP contribution in [0.1, 0.15) is 36.4 Å². The summed E-state index contributed by atoms with van der Waals surface area (Å²) in [5.41, 5.74) is 1.99. The van der Waals surface area contributed by atoms with Gasteiger partial charge in [0.25, 0.3) is 0 Å². The summed E-state index contributed by atoms with van der Waals surface area (Å²) in [6, 6.07) is 18.0. The maximum Gasteiger partial charge on any atom is 0.170 e. The highest BCUT2D eigenvalue weighted by atomic mass is 79.9. The Balaban J connectivity index is 1.50. The van der Waals surface area contributed by atoms with Gasteiger partial charge in [-0.25, -0.2) is 0 Å². The molecule has 0 unspecified atom stereocenters. The molecule has 2 aromatic heterocycles. The number of halogens is 1. The number of benzene rings is 1. The van der Waals surface area contributed by atoms with Crippen molar-refractivity contribution in [1.82, 2.24) is 15.2 Å². The number of rotatable bonds is 5. The number of pyridine rings is 1. The highest BCUT2D eigenvalue weighted by molar-refractivity contribution is 9.10. The number of nitrogens with one attached hydrogen (secondary N) is 1. The van der Waals surface area contributed by atoms with Crippen LogP contribution in [0.4, 0.5) is 0 Å². The van der Waals surface area contributed by atoms with Crippen molar-refractivity contribution < 1.29 is 9.15 Å². The van der Waals surface area contributed by atoms with Crippen LogP contribution in [0.3, 0.4) is 0 Å². The zero-order valence-corrected chi connectivity index (χ0v) is 18.7. The highest BCUT2D eigenvalue weighted by Crippen LogP contribution is 2.41. The molecule has 4 heterocycles. The summed E-state index contributed by atoms with van der Waals surface area (Å²) in [6.07, 6.45) is 4.16. The third-order valence-electron chi connectivity index (χ3n) is 5.67. The lowest BCUT2D eigenvalue weighted by atomic mass is 10.0. The summed E-state index contributed by atoms with van der Waals surface area (Å²) in [5, 5.41) is 4.19. The van der Waals surface area contributed by atoms with Crippen molar-refractivity contribution in [3.63, 3.8) is 0 Å². The Morgan fingerprint density at radius 1 is 1.13 bits per heavy atom. The highest BCUT2D eigenvalue weighted by Gasteiger charge is 2.42. The monoisotopic (exact) mass is 483 g/mol. The number of furan rings is 1. The summed E-state index contributed by atoms with van der Waals surface area (Å²) in [4.78, 5) is 6.79. The van der Waals surface area contributed by atoms with Crippen LogP contribution in [0, 0.1) is 0 Å². The van der Waals surface area contributed by atoms with Crippen molar-refractivity contribution in [2.24, 2.45) is 0 Å². The van der Waals surface area contributed by atoms with Gasteiger partial charge in [0.2, 0.25) is 0 Å². The molecule has 5 nitrogen and oxygen atoms in total. The van der Waals surface area contributed by atoms with Gasteiger partial charge in [0, 0.05) is 29.4 Å². The van der Waals surface area contributed by atoms with Crippen LogP contribution in [-0.4, -0.2) is 34.3 Å². The molecule has 0 bridgehead atoms. The summed E-state index contributed by atoms with van der Waals surface area (Å²) < 4.78 is 13.3. The van der Waals surface area contributed by atoms with E-state index in [9.17, 15) is 0 Å². The molecule has 30 heavy (non-hydrogen) atoms. The molecule has 3 atom stereocenters. The summed E-state index contributed by atoms with van der Waals surface area (Å²) in [6.45, 7) is 1.57. The molecule has 0 aliphatic carbocycles. The first-order valence-electron chi connectivity index (χ1n) is 10.1. The van der Waals surface area contributed by atoms with E-state index in [2.05, 4.69) is 37.2 Å². The van der Waals surface area contributed by atoms with Crippen LogP contribution in [-0.2, 0) is 4.74 Å². The van der Waals surface area contributed by atoms with E-state index >= 15 is 0 Å². The largest absolute Gasteiger partial charge is 0.459 e. The average Bonchev–Trinajstić information content (AvgIpc) is 3.51. The fourth-order valence-corrected chi connectivity index (χ4v) is 4.78. The predicted octanol–water partition coefficient (Wildman–Crippen LogP) is 5.26. The Kier molecular flexibility index (Phi) is 5.58. The molecular weight excluding hydrogens is 462 g/mol. The molecule has 1 N–H and O–H groups in total. The third kappa shape index (κ3) is 3.89. The quantitative estimate of drug-likeness (QED) is 0.499. The molecule has 3 aromatic rings.